The average Bonchev–Trinajstić information content (AvgIpc) is 2.39. The molecule has 0 aromatic rings. The highest BCUT2D eigenvalue weighted by Crippen LogP contribution is 2.25. The first-order valence-corrected chi connectivity index (χ1v) is 6.68. The fourth-order valence-electron chi connectivity index (χ4n) is 2.51. The second-order valence-electron chi connectivity index (χ2n) is 4.96. The smallest absolute Gasteiger partial charge is 0.00311 e. The van der Waals surface area contributed by atoms with Gasteiger partial charge in [-0.3, -0.25) is 0 Å². The highest BCUT2D eigenvalue weighted by atomic mass is 14.8. The van der Waals surface area contributed by atoms with Gasteiger partial charge in [-0.1, -0.05) is 57.9 Å². The molecule has 0 aromatic heterocycles. The molecule has 0 heterocycles. The molecule has 1 heteroatoms. The second kappa shape index (κ2) is 7.78. The van der Waals surface area contributed by atoms with E-state index < -0.39 is 0 Å². The summed E-state index contributed by atoms with van der Waals surface area (Å²) in [7, 11) is 1.98. The van der Waals surface area contributed by atoms with Gasteiger partial charge in [-0.2, -0.15) is 0 Å². The monoisotopic (exact) mass is 209 g/mol. The van der Waals surface area contributed by atoms with Crippen LogP contribution in [0.15, 0.2) is 12.3 Å². The van der Waals surface area contributed by atoms with Crippen LogP contribution in [-0.4, -0.2) is 7.05 Å². The van der Waals surface area contributed by atoms with E-state index in [0.717, 1.165) is 5.92 Å². The molecule has 1 saturated carbocycles. The Morgan fingerprint density at radius 3 is 2.13 bits per heavy atom. The van der Waals surface area contributed by atoms with Crippen LogP contribution >= 0.6 is 0 Å². The van der Waals surface area contributed by atoms with Gasteiger partial charge in [-0.05, 0) is 18.8 Å². The van der Waals surface area contributed by atoms with Crippen LogP contribution in [0.3, 0.4) is 0 Å². The predicted octanol–water partition coefficient (Wildman–Crippen LogP) is 4.25. The van der Waals surface area contributed by atoms with Crippen molar-refractivity contribution in [3.63, 3.8) is 0 Å². The first-order valence-electron chi connectivity index (χ1n) is 6.68. The van der Waals surface area contributed by atoms with Gasteiger partial charge in [-0.25, -0.2) is 0 Å². The van der Waals surface area contributed by atoms with E-state index in [1.54, 1.807) is 0 Å². The van der Waals surface area contributed by atoms with E-state index in [2.05, 4.69) is 11.9 Å². The zero-order chi connectivity index (χ0) is 10.9. The van der Waals surface area contributed by atoms with Gasteiger partial charge in [0.05, 0.1) is 0 Å². The predicted molar refractivity (Wildman–Crippen MR) is 67.9 cm³/mol. The van der Waals surface area contributed by atoms with Crippen molar-refractivity contribution in [1.29, 1.82) is 0 Å². The van der Waals surface area contributed by atoms with Crippen LogP contribution in [0.25, 0.3) is 0 Å². The third-order valence-corrected chi connectivity index (χ3v) is 3.68. The minimum Gasteiger partial charge on any atom is -0.392 e. The Kier molecular flexibility index (Phi) is 6.54. The number of rotatable bonds is 4. The van der Waals surface area contributed by atoms with Crippen LogP contribution in [0, 0.1) is 5.92 Å². The summed E-state index contributed by atoms with van der Waals surface area (Å²) in [6.07, 6.45) is 14.2. The van der Waals surface area contributed by atoms with Crippen molar-refractivity contribution in [1.82, 2.24) is 5.32 Å². The van der Waals surface area contributed by atoms with Gasteiger partial charge in [0, 0.05) is 12.7 Å². The lowest BCUT2D eigenvalue weighted by Gasteiger charge is -2.16. The molecule has 1 aliphatic carbocycles. The SMILES string of the molecule is C=C(CCC1CCCCCCCC1)NC. The Morgan fingerprint density at radius 2 is 1.60 bits per heavy atom. The standard InChI is InChI=1S/C14H27N/c1-13(15-2)11-12-14-9-7-5-3-4-6-8-10-14/h14-15H,1,3-12H2,2H3. The van der Waals surface area contributed by atoms with Crippen LogP contribution < -0.4 is 5.32 Å². The molecule has 15 heavy (non-hydrogen) atoms. The third kappa shape index (κ3) is 5.86. The molecule has 0 spiro atoms. The first-order chi connectivity index (χ1) is 7.33. The Balaban J connectivity index is 2.21. The van der Waals surface area contributed by atoms with E-state index in [1.165, 1.54) is 69.9 Å². The van der Waals surface area contributed by atoms with E-state index in [0.29, 0.717) is 0 Å². The lowest BCUT2D eigenvalue weighted by molar-refractivity contribution is 0.398. The second-order valence-corrected chi connectivity index (χ2v) is 4.96. The van der Waals surface area contributed by atoms with Crippen LogP contribution in [0.4, 0.5) is 0 Å². The van der Waals surface area contributed by atoms with Gasteiger partial charge in [0.1, 0.15) is 0 Å². The highest BCUT2D eigenvalue weighted by Gasteiger charge is 2.10. The summed E-state index contributed by atoms with van der Waals surface area (Å²) in [4.78, 5) is 0. The van der Waals surface area contributed by atoms with Crippen molar-refractivity contribution in [2.24, 2.45) is 5.92 Å². The van der Waals surface area contributed by atoms with Gasteiger partial charge >= 0.3 is 0 Å². The molecule has 0 bridgehead atoms. The summed E-state index contributed by atoms with van der Waals surface area (Å²) >= 11 is 0. The highest BCUT2D eigenvalue weighted by molar-refractivity contribution is 4.89. The summed E-state index contributed by atoms with van der Waals surface area (Å²) in [6, 6.07) is 0. The summed E-state index contributed by atoms with van der Waals surface area (Å²) in [5.41, 5.74) is 1.20. The molecular formula is C14H27N. The fourth-order valence-corrected chi connectivity index (χ4v) is 2.51. The molecule has 0 aliphatic heterocycles. The van der Waals surface area contributed by atoms with Crippen molar-refractivity contribution in [3.05, 3.63) is 12.3 Å². The topological polar surface area (TPSA) is 12.0 Å². The van der Waals surface area contributed by atoms with Crippen molar-refractivity contribution >= 4 is 0 Å². The summed E-state index contributed by atoms with van der Waals surface area (Å²) in [5.74, 6) is 0.966. The molecule has 1 rings (SSSR count). The van der Waals surface area contributed by atoms with Crippen LogP contribution in [-0.2, 0) is 0 Å². The molecule has 0 aromatic carbocycles. The molecule has 1 fully saturated rings. The minimum absolute atomic E-state index is 0.966. The van der Waals surface area contributed by atoms with Crippen molar-refractivity contribution in [2.45, 2.75) is 64.2 Å². The molecule has 0 atom stereocenters. The Bertz CT molecular complexity index is 164. The molecule has 1 N–H and O–H groups in total. The normalized spacial score (nSPS) is 20.1. The number of allylic oxidation sites excluding steroid dienone is 1. The molecule has 88 valence electrons. The number of hydrogen-bond donors (Lipinski definition) is 1. The van der Waals surface area contributed by atoms with Crippen molar-refractivity contribution < 1.29 is 0 Å². The largest absolute Gasteiger partial charge is 0.392 e. The Labute approximate surface area is 95.3 Å². The molecule has 0 amide bonds. The lowest BCUT2D eigenvalue weighted by Crippen LogP contribution is -2.07. The zero-order valence-corrected chi connectivity index (χ0v) is 10.4. The van der Waals surface area contributed by atoms with Crippen LogP contribution in [0.5, 0.6) is 0 Å². The molecule has 1 nitrogen and oxygen atoms in total. The minimum atomic E-state index is 0.966. The van der Waals surface area contributed by atoms with Gasteiger partial charge in [0.15, 0.2) is 0 Å². The van der Waals surface area contributed by atoms with Gasteiger partial charge in [0.25, 0.3) is 0 Å². The molecule has 1 aliphatic rings. The van der Waals surface area contributed by atoms with E-state index >= 15 is 0 Å². The maximum absolute atomic E-state index is 4.01. The quantitative estimate of drug-likeness (QED) is 0.730. The lowest BCUT2D eigenvalue weighted by atomic mass is 9.92. The molecule has 0 radical (unpaired) electrons. The van der Waals surface area contributed by atoms with Crippen molar-refractivity contribution in [2.75, 3.05) is 7.05 Å². The van der Waals surface area contributed by atoms with Gasteiger partial charge < -0.3 is 5.32 Å². The summed E-state index contributed by atoms with van der Waals surface area (Å²) in [6.45, 7) is 4.01. The third-order valence-electron chi connectivity index (χ3n) is 3.68. The summed E-state index contributed by atoms with van der Waals surface area (Å²) < 4.78 is 0. The van der Waals surface area contributed by atoms with E-state index in [4.69, 9.17) is 0 Å². The van der Waals surface area contributed by atoms with Crippen molar-refractivity contribution in [3.8, 4) is 0 Å². The van der Waals surface area contributed by atoms with E-state index in [1.807, 2.05) is 7.05 Å². The van der Waals surface area contributed by atoms with E-state index in [9.17, 15) is 0 Å². The van der Waals surface area contributed by atoms with Gasteiger partial charge in [0.2, 0.25) is 0 Å². The van der Waals surface area contributed by atoms with Crippen LogP contribution in [0.1, 0.15) is 64.2 Å². The summed E-state index contributed by atoms with van der Waals surface area (Å²) in [5, 5.41) is 3.15. The maximum Gasteiger partial charge on any atom is 0.00311 e. The Hall–Kier alpha value is -0.460. The molecular weight excluding hydrogens is 182 g/mol. The fraction of sp³-hybridized carbons (Fsp3) is 0.857. The number of hydrogen-bond acceptors (Lipinski definition) is 1. The molecule has 0 unspecified atom stereocenters. The zero-order valence-electron chi connectivity index (χ0n) is 10.4. The Morgan fingerprint density at radius 1 is 1.07 bits per heavy atom. The number of nitrogens with one attached hydrogen (secondary N) is 1. The van der Waals surface area contributed by atoms with E-state index in [-0.39, 0.29) is 0 Å². The van der Waals surface area contributed by atoms with Gasteiger partial charge in [-0.15, -0.1) is 0 Å². The average molecular weight is 209 g/mol. The van der Waals surface area contributed by atoms with Crippen LogP contribution in [0.2, 0.25) is 0 Å². The molecule has 0 saturated heterocycles. The first kappa shape index (κ1) is 12.6. The maximum atomic E-state index is 4.01.